The Labute approximate surface area is 307 Å². The van der Waals surface area contributed by atoms with Crippen LogP contribution in [0.1, 0.15) is 105 Å². The molecule has 0 aliphatic heterocycles. The third-order valence-corrected chi connectivity index (χ3v) is 8.02. The zero-order valence-electron chi connectivity index (χ0n) is 32.7. The van der Waals surface area contributed by atoms with Crippen LogP contribution >= 0.6 is 0 Å². The molecular formula is C40H54N12. The Hall–Kier alpha value is -5.52. The molecule has 0 unspecified atom stereocenters. The van der Waals surface area contributed by atoms with E-state index in [2.05, 4.69) is 123 Å². The molecule has 0 radical (unpaired) electrons. The predicted octanol–water partition coefficient (Wildman–Crippen LogP) is 7.92. The van der Waals surface area contributed by atoms with E-state index in [4.69, 9.17) is 11.5 Å². The minimum atomic E-state index is -0.0276. The number of nitrogens with two attached hydrogens (primary N) is 2. The van der Waals surface area contributed by atoms with E-state index in [0.717, 1.165) is 33.5 Å². The van der Waals surface area contributed by atoms with E-state index in [9.17, 15) is 0 Å². The number of rotatable bonds is 0. The van der Waals surface area contributed by atoms with Gasteiger partial charge in [0, 0.05) is 83.3 Å². The molecule has 0 atom stereocenters. The summed E-state index contributed by atoms with van der Waals surface area (Å²) in [6.07, 6.45) is 18.1. The lowest BCUT2D eigenvalue weighted by molar-refractivity contribution is 0.569. The van der Waals surface area contributed by atoms with Crippen molar-refractivity contribution in [1.82, 2.24) is 49.1 Å². The number of aromatic nitrogens is 10. The lowest BCUT2D eigenvalue weighted by Crippen LogP contribution is -2.16. The summed E-state index contributed by atoms with van der Waals surface area (Å²) in [5.41, 5.74) is 18.8. The molecular weight excluding hydrogens is 649 g/mol. The maximum Gasteiger partial charge on any atom is 0.160 e. The number of nitrogen functional groups attached to an aromatic ring is 2. The van der Waals surface area contributed by atoms with Gasteiger partial charge in [-0.2, -0.15) is 5.10 Å². The van der Waals surface area contributed by atoms with Crippen LogP contribution in [0.5, 0.6) is 0 Å². The van der Waals surface area contributed by atoms with Crippen molar-refractivity contribution in [2.45, 2.75) is 105 Å². The fourth-order valence-electron chi connectivity index (χ4n) is 5.46. The van der Waals surface area contributed by atoms with Crippen LogP contribution in [0.2, 0.25) is 0 Å². The van der Waals surface area contributed by atoms with Gasteiger partial charge in [-0.25, -0.2) is 24.0 Å². The van der Waals surface area contributed by atoms with Crippen molar-refractivity contribution in [2.75, 3.05) is 11.5 Å². The highest BCUT2D eigenvalue weighted by atomic mass is 15.3. The summed E-state index contributed by atoms with van der Waals surface area (Å²) < 4.78 is 3.52. The van der Waals surface area contributed by atoms with Crippen LogP contribution in [0.3, 0.4) is 0 Å². The topological polar surface area (TPSA) is 164 Å². The van der Waals surface area contributed by atoms with E-state index in [1.165, 1.54) is 11.1 Å². The van der Waals surface area contributed by atoms with E-state index in [1.54, 1.807) is 33.8 Å². The lowest BCUT2D eigenvalue weighted by atomic mass is 9.87. The fraction of sp³-hybridized carbons (Fsp3) is 0.400. The van der Waals surface area contributed by atoms with Gasteiger partial charge in [0.2, 0.25) is 0 Å². The van der Waals surface area contributed by atoms with Gasteiger partial charge in [-0.15, -0.1) is 5.10 Å². The Morgan fingerprint density at radius 1 is 0.519 bits per heavy atom. The number of nitrogens with zero attached hydrogens (tertiary/aromatic N) is 10. The van der Waals surface area contributed by atoms with Crippen molar-refractivity contribution >= 4 is 33.8 Å². The number of anilines is 2. The number of hydrogen-bond donors (Lipinski definition) is 2. The van der Waals surface area contributed by atoms with E-state index in [-0.39, 0.29) is 21.7 Å². The van der Waals surface area contributed by atoms with Gasteiger partial charge in [-0.3, -0.25) is 15.0 Å². The van der Waals surface area contributed by atoms with Gasteiger partial charge in [-0.05, 0) is 40.5 Å². The smallest absolute Gasteiger partial charge is 0.160 e. The SMILES string of the molecule is CC(C)(C)c1c(N)nn2cccnc12.CC(C)(C)c1cncc2cccnc12.CC(C)(C)c1cnn2cccnc12.CC(C)(C)c1nccnc1N. The summed E-state index contributed by atoms with van der Waals surface area (Å²) in [7, 11) is 0. The standard InChI is InChI=1S/C12H14N2.C10H14N4.C10H13N3.C8H13N3/c1-12(2,3)10-8-13-7-9-5-4-6-14-11(9)10;1-10(2,3)7-8(11)13-14-6-4-5-12-9(7)14;1-10(2,3)8-7-12-13-6-4-5-11-9(8)13;1-8(2,3)6-7(9)11-5-4-10-6/h4-8H,1-3H3;4-6H,1-3H3,(H2,11,13);4-7H,1-3H3;4-5H,1-3H3,(H2,9,11). The Morgan fingerprint density at radius 3 is 1.69 bits per heavy atom. The molecule has 4 N–H and O–H groups in total. The highest BCUT2D eigenvalue weighted by Gasteiger charge is 2.24. The molecule has 52 heavy (non-hydrogen) atoms. The van der Waals surface area contributed by atoms with Crippen molar-refractivity contribution < 1.29 is 0 Å². The second kappa shape index (κ2) is 15.4. The second-order valence-corrected chi connectivity index (χ2v) is 16.6. The van der Waals surface area contributed by atoms with E-state index < -0.39 is 0 Å². The van der Waals surface area contributed by atoms with Gasteiger partial charge >= 0.3 is 0 Å². The summed E-state index contributed by atoms with van der Waals surface area (Å²) in [6.45, 7) is 25.5. The lowest BCUT2D eigenvalue weighted by Gasteiger charge is -2.19. The number of hydrogen-bond acceptors (Lipinski definition) is 10. The molecule has 0 amide bonds. The molecule has 7 aromatic rings. The maximum atomic E-state index is 5.87. The normalized spacial score (nSPS) is 12.0. The first-order chi connectivity index (χ1) is 24.2. The predicted molar refractivity (Wildman–Crippen MR) is 211 cm³/mol. The molecule has 7 rings (SSSR count). The summed E-state index contributed by atoms with van der Waals surface area (Å²) in [4.78, 5) is 25.4. The molecule has 274 valence electrons. The van der Waals surface area contributed by atoms with E-state index in [0.29, 0.717) is 11.6 Å². The molecule has 0 bridgehead atoms. The van der Waals surface area contributed by atoms with Crippen LogP contribution in [0.25, 0.3) is 22.2 Å². The van der Waals surface area contributed by atoms with Gasteiger partial charge in [0.25, 0.3) is 0 Å². The zero-order chi connectivity index (χ0) is 38.5. The Morgan fingerprint density at radius 2 is 1.12 bits per heavy atom. The van der Waals surface area contributed by atoms with Gasteiger partial charge in [0.05, 0.1) is 17.4 Å². The Balaban J connectivity index is 0.000000156. The molecule has 7 heterocycles. The summed E-state index contributed by atoms with van der Waals surface area (Å²) >= 11 is 0. The maximum absolute atomic E-state index is 5.87. The summed E-state index contributed by atoms with van der Waals surface area (Å²) in [6, 6.07) is 7.71. The molecule has 0 aliphatic rings. The third-order valence-electron chi connectivity index (χ3n) is 8.02. The number of pyridine rings is 2. The highest BCUT2D eigenvalue weighted by Crippen LogP contribution is 2.30. The molecule has 0 aliphatic carbocycles. The zero-order valence-corrected chi connectivity index (χ0v) is 32.7. The first kappa shape index (κ1) is 39.3. The molecule has 12 nitrogen and oxygen atoms in total. The average molecular weight is 703 g/mol. The van der Waals surface area contributed by atoms with Crippen LogP contribution < -0.4 is 11.5 Å². The molecule has 0 saturated carbocycles. The summed E-state index contributed by atoms with van der Waals surface area (Å²) in [5.74, 6) is 1.09. The van der Waals surface area contributed by atoms with Crippen molar-refractivity contribution in [3.05, 3.63) is 109 Å². The van der Waals surface area contributed by atoms with Crippen LogP contribution in [-0.4, -0.2) is 49.1 Å². The van der Waals surface area contributed by atoms with Crippen molar-refractivity contribution in [3.8, 4) is 0 Å². The quantitative estimate of drug-likeness (QED) is 0.159. The fourth-order valence-corrected chi connectivity index (χ4v) is 5.46. The van der Waals surface area contributed by atoms with Gasteiger partial charge in [0.1, 0.15) is 5.82 Å². The van der Waals surface area contributed by atoms with Crippen LogP contribution in [0, 0.1) is 0 Å². The monoisotopic (exact) mass is 702 g/mol. The molecule has 7 aromatic heterocycles. The minimum Gasteiger partial charge on any atom is -0.382 e. The van der Waals surface area contributed by atoms with Gasteiger partial charge < -0.3 is 11.5 Å². The van der Waals surface area contributed by atoms with Crippen molar-refractivity contribution in [1.29, 1.82) is 0 Å². The van der Waals surface area contributed by atoms with Gasteiger partial charge in [0.15, 0.2) is 17.1 Å². The molecule has 0 aromatic carbocycles. The summed E-state index contributed by atoms with van der Waals surface area (Å²) in [5, 5.41) is 9.56. The third kappa shape index (κ3) is 9.62. The molecule has 0 saturated heterocycles. The first-order valence-electron chi connectivity index (χ1n) is 17.3. The Bertz CT molecular complexity index is 2220. The van der Waals surface area contributed by atoms with Crippen molar-refractivity contribution in [2.24, 2.45) is 0 Å². The second-order valence-electron chi connectivity index (χ2n) is 16.6. The molecule has 0 fully saturated rings. The van der Waals surface area contributed by atoms with Gasteiger partial charge in [-0.1, -0.05) is 83.1 Å². The highest BCUT2D eigenvalue weighted by molar-refractivity contribution is 5.81. The van der Waals surface area contributed by atoms with Crippen LogP contribution in [0.4, 0.5) is 11.6 Å². The van der Waals surface area contributed by atoms with Crippen LogP contribution in [0.15, 0.2) is 86.2 Å². The van der Waals surface area contributed by atoms with Crippen LogP contribution in [-0.2, 0) is 21.7 Å². The van der Waals surface area contributed by atoms with E-state index in [1.807, 2.05) is 61.4 Å². The molecule has 12 heteroatoms. The Kier molecular flexibility index (Phi) is 11.6. The van der Waals surface area contributed by atoms with E-state index >= 15 is 0 Å². The molecule has 0 spiro atoms. The largest absolute Gasteiger partial charge is 0.382 e. The average Bonchev–Trinajstić information content (AvgIpc) is 3.65. The van der Waals surface area contributed by atoms with Crippen molar-refractivity contribution in [3.63, 3.8) is 0 Å². The minimum absolute atomic E-state index is 0.0155. The first-order valence-corrected chi connectivity index (χ1v) is 17.3. The number of fused-ring (bicyclic) bond motifs is 3.